The van der Waals surface area contributed by atoms with Crippen LogP contribution in [0.2, 0.25) is 0 Å². The van der Waals surface area contributed by atoms with Crippen LogP contribution in [-0.4, -0.2) is 31.4 Å². The minimum Gasteiger partial charge on any atom is -0.469 e. The second-order valence-electron chi connectivity index (χ2n) is 6.14. The van der Waals surface area contributed by atoms with E-state index in [2.05, 4.69) is 15.9 Å². The SMILES string of the molecule is COC(=O)CC(B1OC(C)(C)C(C)(C)O1)c1sccc1Br. The second-order valence-corrected chi connectivity index (χ2v) is 7.95. The highest BCUT2D eigenvalue weighted by atomic mass is 79.9. The molecular weight excluding hydrogens is 355 g/mol. The van der Waals surface area contributed by atoms with Crippen LogP contribution in [0.25, 0.3) is 0 Å². The predicted molar refractivity (Wildman–Crippen MR) is 87.5 cm³/mol. The van der Waals surface area contributed by atoms with Crippen molar-refractivity contribution in [3.05, 3.63) is 20.8 Å². The summed E-state index contributed by atoms with van der Waals surface area (Å²) in [6.07, 6.45) is 0.229. The zero-order chi connectivity index (χ0) is 15.8. The summed E-state index contributed by atoms with van der Waals surface area (Å²) in [5, 5.41) is 1.98. The minimum absolute atomic E-state index is 0.187. The van der Waals surface area contributed by atoms with Crippen molar-refractivity contribution in [2.24, 2.45) is 0 Å². The molecule has 1 aromatic rings. The summed E-state index contributed by atoms with van der Waals surface area (Å²) < 4.78 is 18.0. The zero-order valence-corrected chi connectivity index (χ0v) is 15.3. The van der Waals surface area contributed by atoms with E-state index >= 15 is 0 Å². The van der Waals surface area contributed by atoms with E-state index in [1.165, 1.54) is 7.11 Å². The van der Waals surface area contributed by atoms with Crippen molar-refractivity contribution in [3.8, 4) is 0 Å². The van der Waals surface area contributed by atoms with E-state index < -0.39 is 18.3 Å². The van der Waals surface area contributed by atoms with E-state index in [-0.39, 0.29) is 18.2 Å². The number of carbonyl (C=O) groups excluding carboxylic acids is 1. The van der Waals surface area contributed by atoms with Gasteiger partial charge in [0.2, 0.25) is 0 Å². The molecule has 4 nitrogen and oxygen atoms in total. The molecule has 0 saturated carbocycles. The van der Waals surface area contributed by atoms with Crippen molar-refractivity contribution in [2.45, 2.75) is 51.1 Å². The first-order chi connectivity index (χ1) is 9.68. The summed E-state index contributed by atoms with van der Waals surface area (Å²) in [4.78, 5) is 12.8. The number of esters is 1. The fourth-order valence-corrected chi connectivity index (χ4v) is 3.98. The number of ether oxygens (including phenoxy) is 1. The van der Waals surface area contributed by atoms with Gasteiger partial charge in [0.25, 0.3) is 0 Å². The van der Waals surface area contributed by atoms with Crippen LogP contribution in [0, 0.1) is 0 Å². The van der Waals surface area contributed by atoms with Crippen LogP contribution >= 0.6 is 27.3 Å². The Bertz CT molecular complexity index is 513. The molecule has 1 aromatic heterocycles. The normalized spacial score (nSPS) is 21.3. The molecule has 0 radical (unpaired) electrons. The molecule has 7 heteroatoms. The molecular formula is C14H20BBrO4S. The highest BCUT2D eigenvalue weighted by Gasteiger charge is 2.54. The minimum atomic E-state index is -0.468. The number of hydrogen-bond donors (Lipinski definition) is 0. The summed E-state index contributed by atoms with van der Waals surface area (Å²) in [7, 11) is 0.927. The molecule has 0 amide bonds. The zero-order valence-electron chi connectivity index (χ0n) is 12.9. The highest BCUT2D eigenvalue weighted by molar-refractivity contribution is 9.10. The van der Waals surface area contributed by atoms with Crippen molar-refractivity contribution in [1.82, 2.24) is 0 Å². The summed E-state index contributed by atoms with van der Waals surface area (Å²) in [5.41, 5.74) is -0.842. The summed E-state index contributed by atoms with van der Waals surface area (Å²) in [5.74, 6) is -0.456. The fraction of sp³-hybridized carbons (Fsp3) is 0.643. The Morgan fingerprint density at radius 3 is 2.38 bits per heavy atom. The maximum atomic E-state index is 11.8. The van der Waals surface area contributed by atoms with E-state index in [1.807, 2.05) is 39.1 Å². The first-order valence-corrected chi connectivity index (χ1v) is 8.50. The highest BCUT2D eigenvalue weighted by Crippen LogP contribution is 2.44. The van der Waals surface area contributed by atoms with Gasteiger partial charge in [-0.1, -0.05) is 0 Å². The van der Waals surface area contributed by atoms with Crippen LogP contribution in [0.15, 0.2) is 15.9 Å². The molecule has 0 aromatic carbocycles. The third-order valence-corrected chi connectivity index (χ3v) is 6.20. The largest absolute Gasteiger partial charge is 0.469 e. The van der Waals surface area contributed by atoms with E-state index in [4.69, 9.17) is 14.0 Å². The van der Waals surface area contributed by atoms with Gasteiger partial charge in [0.05, 0.1) is 24.7 Å². The smallest absolute Gasteiger partial charge is 0.467 e. The molecule has 116 valence electrons. The lowest BCUT2D eigenvalue weighted by molar-refractivity contribution is -0.140. The van der Waals surface area contributed by atoms with Crippen molar-refractivity contribution in [3.63, 3.8) is 0 Å². The Labute approximate surface area is 138 Å². The van der Waals surface area contributed by atoms with Crippen LogP contribution in [0.1, 0.15) is 44.8 Å². The fourth-order valence-electron chi connectivity index (χ4n) is 2.20. The summed E-state index contributed by atoms with van der Waals surface area (Å²) in [6.45, 7) is 8.02. The topological polar surface area (TPSA) is 44.8 Å². The molecule has 1 aliphatic rings. The van der Waals surface area contributed by atoms with Crippen LogP contribution in [-0.2, 0) is 18.8 Å². The Kier molecular flexibility index (Phi) is 4.88. The van der Waals surface area contributed by atoms with E-state index in [9.17, 15) is 4.79 Å². The lowest BCUT2D eigenvalue weighted by Gasteiger charge is -2.32. The molecule has 1 unspecified atom stereocenters. The summed E-state index contributed by atoms with van der Waals surface area (Å²) >= 11 is 5.11. The maximum absolute atomic E-state index is 11.8. The van der Waals surface area contributed by atoms with Crippen molar-refractivity contribution in [1.29, 1.82) is 0 Å². The Balaban J connectivity index is 2.29. The van der Waals surface area contributed by atoms with Crippen LogP contribution < -0.4 is 0 Å². The third kappa shape index (κ3) is 3.36. The number of methoxy groups -OCH3 is 1. The van der Waals surface area contributed by atoms with E-state index in [1.54, 1.807) is 11.3 Å². The number of rotatable bonds is 4. The molecule has 1 aliphatic heterocycles. The van der Waals surface area contributed by atoms with Crippen LogP contribution in [0.4, 0.5) is 0 Å². The Morgan fingerprint density at radius 2 is 1.95 bits per heavy atom. The van der Waals surface area contributed by atoms with Gasteiger partial charge in [-0.3, -0.25) is 4.79 Å². The maximum Gasteiger partial charge on any atom is 0.467 e. The number of carbonyl (C=O) groups is 1. The molecule has 0 N–H and O–H groups in total. The lowest BCUT2D eigenvalue weighted by Crippen LogP contribution is -2.41. The van der Waals surface area contributed by atoms with E-state index in [0.29, 0.717) is 0 Å². The van der Waals surface area contributed by atoms with Gasteiger partial charge < -0.3 is 14.0 Å². The average Bonchev–Trinajstić information content (AvgIpc) is 2.88. The Morgan fingerprint density at radius 1 is 1.38 bits per heavy atom. The van der Waals surface area contributed by atoms with Gasteiger partial charge in [-0.2, -0.15) is 0 Å². The predicted octanol–water partition coefficient (Wildman–Crippen LogP) is 3.79. The van der Waals surface area contributed by atoms with Crippen molar-refractivity contribution in [2.75, 3.05) is 7.11 Å². The van der Waals surface area contributed by atoms with Gasteiger partial charge in [0.15, 0.2) is 0 Å². The molecule has 1 atom stereocenters. The van der Waals surface area contributed by atoms with Gasteiger partial charge >= 0.3 is 13.1 Å². The second kappa shape index (κ2) is 6.03. The number of halogens is 1. The van der Waals surface area contributed by atoms with Crippen molar-refractivity contribution >= 4 is 40.4 Å². The molecule has 0 aliphatic carbocycles. The molecule has 2 rings (SSSR count). The third-order valence-electron chi connectivity index (χ3n) is 4.20. The Hall–Kier alpha value is -0.365. The number of thiophene rings is 1. The first kappa shape index (κ1) is 17.0. The van der Waals surface area contributed by atoms with Gasteiger partial charge in [-0.25, -0.2) is 0 Å². The van der Waals surface area contributed by atoms with Crippen LogP contribution in [0.5, 0.6) is 0 Å². The molecule has 1 saturated heterocycles. The molecule has 1 fully saturated rings. The molecule has 0 bridgehead atoms. The molecule has 2 heterocycles. The molecule has 0 spiro atoms. The van der Waals surface area contributed by atoms with Gasteiger partial charge in [-0.05, 0) is 55.1 Å². The first-order valence-electron chi connectivity index (χ1n) is 6.83. The van der Waals surface area contributed by atoms with Crippen LogP contribution in [0.3, 0.4) is 0 Å². The quantitative estimate of drug-likeness (QED) is 0.594. The number of hydrogen-bond acceptors (Lipinski definition) is 5. The van der Waals surface area contributed by atoms with Crippen molar-refractivity contribution < 1.29 is 18.8 Å². The standard InChI is InChI=1S/C14H20BBrO4S/c1-13(2)14(3,4)20-15(19-13)9(8-11(17)18-5)12-10(16)6-7-21-12/h6-7,9H,8H2,1-5H3. The van der Waals surface area contributed by atoms with Gasteiger partial charge in [-0.15, -0.1) is 11.3 Å². The lowest BCUT2D eigenvalue weighted by atomic mass is 9.69. The molecule has 21 heavy (non-hydrogen) atoms. The average molecular weight is 375 g/mol. The van der Waals surface area contributed by atoms with Gasteiger partial charge in [0.1, 0.15) is 0 Å². The monoisotopic (exact) mass is 374 g/mol. The summed E-state index contributed by atoms with van der Waals surface area (Å²) in [6, 6.07) is 1.97. The van der Waals surface area contributed by atoms with Gasteiger partial charge in [0, 0.05) is 15.2 Å². The van der Waals surface area contributed by atoms with E-state index in [0.717, 1.165) is 9.35 Å².